The molecular formula is C71H114O6. The Labute approximate surface area is 474 Å². The van der Waals surface area contributed by atoms with E-state index in [9.17, 15) is 14.4 Å². The molecule has 0 aliphatic carbocycles. The SMILES string of the molecule is CC/C=C\C/C=C\C/C=C\C/C=C\C/C=C\C/C=C\C/C=C\CCCCCCCCCCCC(=O)OCC(COC(=O)CCCCCCC)OC(=O)CCCCCCCCC/C=C\C/C=C\C/C=C\C/C=C\C/C=C\CC. The van der Waals surface area contributed by atoms with Crippen molar-refractivity contribution >= 4 is 17.9 Å². The minimum absolute atomic E-state index is 0.0891. The van der Waals surface area contributed by atoms with Gasteiger partial charge in [0.15, 0.2) is 6.10 Å². The number of carbonyl (C=O) groups is 3. The molecule has 0 fully saturated rings. The van der Waals surface area contributed by atoms with Crippen LogP contribution in [0.3, 0.4) is 0 Å². The molecule has 0 saturated heterocycles. The van der Waals surface area contributed by atoms with E-state index in [1.165, 1.54) is 64.2 Å². The summed E-state index contributed by atoms with van der Waals surface area (Å²) in [5.41, 5.74) is 0. The smallest absolute Gasteiger partial charge is 0.306 e. The second-order valence-corrected chi connectivity index (χ2v) is 20.2. The van der Waals surface area contributed by atoms with Crippen molar-refractivity contribution < 1.29 is 28.6 Å². The van der Waals surface area contributed by atoms with Crippen LogP contribution in [0, 0.1) is 0 Å². The van der Waals surface area contributed by atoms with Gasteiger partial charge in [0.05, 0.1) is 0 Å². The molecule has 0 heterocycles. The van der Waals surface area contributed by atoms with Gasteiger partial charge in [0.1, 0.15) is 13.2 Å². The number of ether oxygens (including phenoxy) is 3. The highest BCUT2D eigenvalue weighted by molar-refractivity contribution is 5.71. The molecule has 0 radical (unpaired) electrons. The Morgan fingerprint density at radius 1 is 0.273 bits per heavy atom. The summed E-state index contributed by atoms with van der Waals surface area (Å²) in [6.45, 7) is 6.31. The van der Waals surface area contributed by atoms with E-state index in [0.29, 0.717) is 19.3 Å². The molecule has 0 saturated carbocycles. The van der Waals surface area contributed by atoms with Crippen LogP contribution in [0.15, 0.2) is 146 Å². The summed E-state index contributed by atoms with van der Waals surface area (Å²) < 4.78 is 16.7. The summed E-state index contributed by atoms with van der Waals surface area (Å²) in [6.07, 6.45) is 91.8. The van der Waals surface area contributed by atoms with Crippen LogP contribution < -0.4 is 0 Å². The standard InChI is InChI=1S/C71H114O6/c1-4-7-10-13-15-17-19-21-23-25-27-29-31-32-33-34-35-36-37-38-40-41-43-45-47-49-51-53-55-58-61-64-70(73)76-67-68(66-75-69(72)63-60-57-12-9-6-3)77-71(74)65-62-59-56-54-52-50-48-46-44-42-39-30-28-26-24-22-20-18-16-14-11-8-5-2/h7-8,10-11,15-18,21-24,27-30,32-33,35-36,38,40,42,44,68H,4-6,9,12-14,19-20,25-26,31,34,37,39,41,43,45-67H2,1-3H3/b10-7-,11-8-,17-15-,18-16-,23-21-,24-22-,29-27-,30-28-,33-32-,36-35-,40-38-,44-42-. The Balaban J connectivity index is 4.12. The molecule has 1 atom stereocenters. The van der Waals surface area contributed by atoms with Gasteiger partial charge in [-0.25, -0.2) is 0 Å². The summed E-state index contributed by atoms with van der Waals surface area (Å²) in [5, 5.41) is 0. The van der Waals surface area contributed by atoms with Crippen molar-refractivity contribution in [3.63, 3.8) is 0 Å². The fourth-order valence-corrected chi connectivity index (χ4v) is 8.21. The van der Waals surface area contributed by atoms with Gasteiger partial charge in [0.25, 0.3) is 0 Å². The van der Waals surface area contributed by atoms with Crippen molar-refractivity contribution in [2.24, 2.45) is 0 Å². The van der Waals surface area contributed by atoms with E-state index < -0.39 is 6.10 Å². The highest BCUT2D eigenvalue weighted by Gasteiger charge is 2.19. The lowest BCUT2D eigenvalue weighted by atomic mass is 10.1. The zero-order chi connectivity index (χ0) is 55.7. The predicted molar refractivity (Wildman–Crippen MR) is 334 cm³/mol. The van der Waals surface area contributed by atoms with Gasteiger partial charge >= 0.3 is 17.9 Å². The van der Waals surface area contributed by atoms with Gasteiger partial charge in [-0.05, 0) is 122 Å². The first-order chi connectivity index (χ1) is 38.0. The van der Waals surface area contributed by atoms with Gasteiger partial charge in [-0.3, -0.25) is 14.4 Å². The van der Waals surface area contributed by atoms with Gasteiger partial charge in [0, 0.05) is 19.3 Å². The third-order valence-electron chi connectivity index (χ3n) is 12.8. The molecular weight excluding hydrogens is 949 g/mol. The largest absolute Gasteiger partial charge is 0.462 e. The molecule has 0 aliphatic rings. The number of rotatable bonds is 55. The van der Waals surface area contributed by atoms with Crippen LogP contribution >= 0.6 is 0 Å². The lowest BCUT2D eigenvalue weighted by molar-refractivity contribution is -0.167. The Morgan fingerprint density at radius 2 is 0.506 bits per heavy atom. The van der Waals surface area contributed by atoms with Crippen LogP contribution in [0.25, 0.3) is 0 Å². The highest BCUT2D eigenvalue weighted by Crippen LogP contribution is 2.15. The average molecular weight is 1060 g/mol. The second kappa shape index (κ2) is 63.8. The molecule has 0 amide bonds. The van der Waals surface area contributed by atoms with E-state index in [2.05, 4.69) is 167 Å². The van der Waals surface area contributed by atoms with E-state index in [4.69, 9.17) is 14.2 Å². The third-order valence-corrected chi connectivity index (χ3v) is 12.8. The van der Waals surface area contributed by atoms with Gasteiger partial charge in [0.2, 0.25) is 0 Å². The average Bonchev–Trinajstić information content (AvgIpc) is 3.43. The van der Waals surface area contributed by atoms with Crippen molar-refractivity contribution in [2.45, 2.75) is 271 Å². The molecule has 6 nitrogen and oxygen atoms in total. The van der Waals surface area contributed by atoms with E-state index in [1.54, 1.807) is 0 Å². The molecule has 0 aliphatic heterocycles. The maximum Gasteiger partial charge on any atom is 0.306 e. The summed E-state index contributed by atoms with van der Waals surface area (Å²) in [7, 11) is 0. The fourth-order valence-electron chi connectivity index (χ4n) is 8.21. The summed E-state index contributed by atoms with van der Waals surface area (Å²) >= 11 is 0. The molecule has 0 rings (SSSR count). The number of carbonyl (C=O) groups excluding carboxylic acids is 3. The number of unbranched alkanes of at least 4 members (excludes halogenated alkanes) is 20. The molecule has 77 heavy (non-hydrogen) atoms. The number of hydrogen-bond acceptors (Lipinski definition) is 6. The fraction of sp³-hybridized carbons (Fsp3) is 0.620. The van der Waals surface area contributed by atoms with E-state index in [1.807, 2.05) is 0 Å². The molecule has 0 spiro atoms. The van der Waals surface area contributed by atoms with Crippen molar-refractivity contribution in [1.29, 1.82) is 0 Å². The van der Waals surface area contributed by atoms with E-state index in [0.717, 1.165) is 161 Å². The minimum Gasteiger partial charge on any atom is -0.462 e. The van der Waals surface area contributed by atoms with Crippen molar-refractivity contribution in [1.82, 2.24) is 0 Å². The summed E-state index contributed by atoms with van der Waals surface area (Å²) in [4.78, 5) is 37.9. The van der Waals surface area contributed by atoms with E-state index >= 15 is 0 Å². The summed E-state index contributed by atoms with van der Waals surface area (Å²) in [6, 6.07) is 0. The van der Waals surface area contributed by atoms with Gasteiger partial charge < -0.3 is 14.2 Å². The molecule has 1 unspecified atom stereocenters. The predicted octanol–water partition coefficient (Wildman–Crippen LogP) is 21.5. The maximum atomic E-state index is 12.8. The minimum atomic E-state index is -0.789. The lowest BCUT2D eigenvalue weighted by Gasteiger charge is -2.18. The monoisotopic (exact) mass is 1060 g/mol. The molecule has 6 heteroatoms. The lowest BCUT2D eigenvalue weighted by Crippen LogP contribution is -2.30. The Hall–Kier alpha value is -4.71. The number of hydrogen-bond donors (Lipinski definition) is 0. The number of esters is 3. The van der Waals surface area contributed by atoms with Crippen LogP contribution in [0.2, 0.25) is 0 Å². The first kappa shape index (κ1) is 72.3. The highest BCUT2D eigenvalue weighted by atomic mass is 16.6. The van der Waals surface area contributed by atoms with Gasteiger partial charge in [-0.1, -0.05) is 269 Å². The van der Waals surface area contributed by atoms with Crippen LogP contribution in [0.4, 0.5) is 0 Å². The van der Waals surface area contributed by atoms with Crippen LogP contribution in [-0.4, -0.2) is 37.2 Å². The van der Waals surface area contributed by atoms with Gasteiger partial charge in [-0.2, -0.15) is 0 Å². The Morgan fingerprint density at radius 3 is 0.792 bits per heavy atom. The summed E-state index contributed by atoms with van der Waals surface area (Å²) in [5.74, 6) is -0.923. The topological polar surface area (TPSA) is 78.9 Å². The second-order valence-electron chi connectivity index (χ2n) is 20.2. The van der Waals surface area contributed by atoms with Crippen molar-refractivity contribution in [2.75, 3.05) is 13.2 Å². The van der Waals surface area contributed by atoms with Gasteiger partial charge in [-0.15, -0.1) is 0 Å². The molecule has 0 bridgehead atoms. The first-order valence-corrected chi connectivity index (χ1v) is 31.3. The maximum absolute atomic E-state index is 12.8. The third kappa shape index (κ3) is 62.0. The molecule has 434 valence electrons. The molecule has 0 aromatic carbocycles. The molecule has 0 aromatic rings. The quantitative estimate of drug-likeness (QED) is 0.0261. The zero-order valence-electron chi connectivity index (χ0n) is 49.7. The van der Waals surface area contributed by atoms with Crippen LogP contribution in [0.1, 0.15) is 265 Å². The normalized spacial score (nSPS) is 13.1. The molecule has 0 aromatic heterocycles. The Kier molecular flexibility index (Phi) is 59.9. The number of allylic oxidation sites excluding steroid dienone is 24. The van der Waals surface area contributed by atoms with Crippen molar-refractivity contribution in [3.8, 4) is 0 Å². The zero-order valence-corrected chi connectivity index (χ0v) is 49.7. The van der Waals surface area contributed by atoms with Crippen molar-refractivity contribution in [3.05, 3.63) is 146 Å². The first-order valence-electron chi connectivity index (χ1n) is 31.3. The van der Waals surface area contributed by atoms with Crippen LogP contribution in [-0.2, 0) is 28.6 Å². The van der Waals surface area contributed by atoms with E-state index in [-0.39, 0.29) is 31.1 Å². The van der Waals surface area contributed by atoms with Crippen LogP contribution in [0.5, 0.6) is 0 Å². The molecule has 0 N–H and O–H groups in total. The Bertz CT molecular complexity index is 1700.